The molecule has 2 aromatic rings. The van der Waals surface area contributed by atoms with Gasteiger partial charge in [-0.2, -0.15) is 0 Å². The number of anilines is 1. The second-order valence-electron chi connectivity index (χ2n) is 6.01. The number of nitrogens with zero attached hydrogens (tertiary/aromatic N) is 2. The van der Waals surface area contributed by atoms with Gasteiger partial charge in [0.05, 0.1) is 0 Å². The smallest absolute Gasteiger partial charge is 0.321 e. The number of halogens is 1. The van der Waals surface area contributed by atoms with Gasteiger partial charge in [0.25, 0.3) is 0 Å². The summed E-state index contributed by atoms with van der Waals surface area (Å²) in [5, 5.41) is 9.58. The second kappa shape index (κ2) is 7.45. The van der Waals surface area contributed by atoms with Crippen molar-refractivity contribution in [1.82, 2.24) is 4.90 Å². The maximum absolute atomic E-state index is 13.8. The van der Waals surface area contributed by atoms with Gasteiger partial charge in [0.15, 0.2) is 0 Å². The van der Waals surface area contributed by atoms with Gasteiger partial charge in [0.2, 0.25) is 0 Å². The quantitative estimate of drug-likeness (QED) is 0.916. The van der Waals surface area contributed by atoms with E-state index in [0.29, 0.717) is 18.7 Å². The normalized spacial score (nSPS) is 16.8. The first-order valence-corrected chi connectivity index (χ1v) is 8.15. The first kappa shape index (κ1) is 16.5. The molecule has 0 radical (unpaired) electrons. The number of benzene rings is 2. The number of aliphatic carboxylic acids is 1. The van der Waals surface area contributed by atoms with Crippen LogP contribution in [-0.2, 0) is 11.2 Å². The van der Waals surface area contributed by atoms with Crippen molar-refractivity contribution in [1.29, 1.82) is 0 Å². The van der Waals surface area contributed by atoms with E-state index in [0.717, 1.165) is 18.8 Å². The molecule has 2 aromatic carbocycles. The predicted molar refractivity (Wildman–Crippen MR) is 91.8 cm³/mol. The zero-order valence-corrected chi connectivity index (χ0v) is 13.4. The van der Waals surface area contributed by atoms with Crippen molar-refractivity contribution in [3.8, 4) is 0 Å². The van der Waals surface area contributed by atoms with E-state index in [9.17, 15) is 14.3 Å². The Morgan fingerprint density at radius 3 is 2.25 bits per heavy atom. The van der Waals surface area contributed by atoms with Gasteiger partial charge in [-0.3, -0.25) is 9.69 Å². The van der Waals surface area contributed by atoms with Gasteiger partial charge in [-0.15, -0.1) is 0 Å². The molecule has 4 nitrogen and oxygen atoms in total. The molecule has 0 aromatic heterocycles. The molecule has 5 heteroatoms. The van der Waals surface area contributed by atoms with Crippen molar-refractivity contribution >= 4 is 11.7 Å². The van der Waals surface area contributed by atoms with Gasteiger partial charge in [0.1, 0.15) is 11.9 Å². The topological polar surface area (TPSA) is 43.8 Å². The molecule has 1 saturated heterocycles. The number of piperazine rings is 1. The van der Waals surface area contributed by atoms with Gasteiger partial charge in [0, 0.05) is 38.3 Å². The molecule has 1 fully saturated rings. The lowest BCUT2D eigenvalue weighted by molar-refractivity contribution is -0.143. The standard InChI is InChI=1S/C19H21FN2O2/c20-17-9-5-4-6-15(17)14-18(19(23)24)22-12-10-21(11-13-22)16-7-2-1-3-8-16/h1-9,18H,10-14H2,(H,23,24). The Hall–Kier alpha value is -2.40. The molecule has 1 heterocycles. The third-order valence-electron chi connectivity index (χ3n) is 4.53. The summed E-state index contributed by atoms with van der Waals surface area (Å²) in [6.07, 6.45) is 0.188. The molecule has 126 valence electrons. The van der Waals surface area contributed by atoms with E-state index in [2.05, 4.69) is 17.0 Å². The number of hydrogen-bond donors (Lipinski definition) is 1. The van der Waals surface area contributed by atoms with E-state index in [1.807, 2.05) is 23.1 Å². The minimum Gasteiger partial charge on any atom is -0.480 e. The fourth-order valence-corrected chi connectivity index (χ4v) is 3.18. The summed E-state index contributed by atoms with van der Waals surface area (Å²) in [4.78, 5) is 15.9. The summed E-state index contributed by atoms with van der Waals surface area (Å²) < 4.78 is 13.8. The fourth-order valence-electron chi connectivity index (χ4n) is 3.18. The Labute approximate surface area is 141 Å². The lowest BCUT2D eigenvalue weighted by atomic mass is 10.0. The highest BCUT2D eigenvalue weighted by Gasteiger charge is 2.29. The molecule has 0 bridgehead atoms. The van der Waals surface area contributed by atoms with Gasteiger partial charge < -0.3 is 10.0 Å². The van der Waals surface area contributed by atoms with Gasteiger partial charge >= 0.3 is 5.97 Å². The van der Waals surface area contributed by atoms with Crippen molar-refractivity contribution in [3.05, 3.63) is 66.0 Å². The Bertz CT molecular complexity index is 685. The van der Waals surface area contributed by atoms with Crippen LogP contribution in [0.1, 0.15) is 5.56 Å². The molecule has 1 aliphatic rings. The van der Waals surface area contributed by atoms with Crippen molar-refractivity contribution in [3.63, 3.8) is 0 Å². The van der Waals surface area contributed by atoms with Crippen molar-refractivity contribution in [2.24, 2.45) is 0 Å². The van der Waals surface area contributed by atoms with Crippen LogP contribution in [0.4, 0.5) is 10.1 Å². The Morgan fingerprint density at radius 1 is 1.00 bits per heavy atom. The SMILES string of the molecule is O=C(O)C(Cc1ccccc1F)N1CCN(c2ccccc2)CC1. The Morgan fingerprint density at radius 2 is 1.62 bits per heavy atom. The van der Waals surface area contributed by atoms with Crippen molar-refractivity contribution < 1.29 is 14.3 Å². The van der Waals surface area contributed by atoms with Crippen molar-refractivity contribution in [2.75, 3.05) is 31.1 Å². The largest absolute Gasteiger partial charge is 0.480 e. The first-order chi connectivity index (χ1) is 11.6. The Kier molecular flexibility index (Phi) is 5.11. The van der Waals surface area contributed by atoms with Gasteiger partial charge in [-0.05, 0) is 23.8 Å². The highest BCUT2D eigenvalue weighted by atomic mass is 19.1. The first-order valence-electron chi connectivity index (χ1n) is 8.15. The van der Waals surface area contributed by atoms with Crippen molar-refractivity contribution in [2.45, 2.75) is 12.5 Å². The summed E-state index contributed by atoms with van der Waals surface area (Å²) in [6, 6.07) is 15.8. The zero-order chi connectivity index (χ0) is 16.9. The molecule has 1 N–H and O–H groups in total. The number of carbonyl (C=O) groups is 1. The summed E-state index contributed by atoms with van der Waals surface area (Å²) >= 11 is 0. The number of carboxylic acids is 1. The molecular weight excluding hydrogens is 307 g/mol. The molecule has 0 aliphatic carbocycles. The average Bonchev–Trinajstić information content (AvgIpc) is 2.62. The zero-order valence-electron chi connectivity index (χ0n) is 13.4. The monoisotopic (exact) mass is 328 g/mol. The van der Waals surface area contributed by atoms with Gasteiger partial charge in [-0.25, -0.2) is 4.39 Å². The number of carboxylic acid groups (broad SMARTS) is 1. The van der Waals surface area contributed by atoms with Crippen LogP contribution in [0.15, 0.2) is 54.6 Å². The third kappa shape index (κ3) is 3.74. The lowest BCUT2D eigenvalue weighted by Crippen LogP contribution is -2.53. The minimum atomic E-state index is -0.897. The molecule has 1 atom stereocenters. The van der Waals surface area contributed by atoms with E-state index >= 15 is 0 Å². The summed E-state index contributed by atoms with van der Waals surface area (Å²) in [5.41, 5.74) is 1.61. The molecule has 0 amide bonds. The highest BCUT2D eigenvalue weighted by Crippen LogP contribution is 2.19. The predicted octanol–water partition coefficient (Wildman–Crippen LogP) is 2.64. The van der Waals surface area contributed by atoms with E-state index in [1.165, 1.54) is 6.07 Å². The van der Waals surface area contributed by atoms with E-state index in [4.69, 9.17) is 0 Å². The molecule has 1 aliphatic heterocycles. The Balaban J connectivity index is 1.66. The van der Waals surface area contributed by atoms with E-state index < -0.39 is 12.0 Å². The van der Waals surface area contributed by atoms with Crippen LogP contribution >= 0.6 is 0 Å². The van der Waals surface area contributed by atoms with Crippen LogP contribution < -0.4 is 4.90 Å². The highest BCUT2D eigenvalue weighted by molar-refractivity contribution is 5.74. The fraction of sp³-hybridized carbons (Fsp3) is 0.316. The van der Waals surface area contributed by atoms with Crippen LogP contribution in [0.5, 0.6) is 0 Å². The molecule has 3 rings (SSSR count). The van der Waals surface area contributed by atoms with Crippen LogP contribution in [-0.4, -0.2) is 48.2 Å². The lowest BCUT2D eigenvalue weighted by Gasteiger charge is -2.38. The van der Waals surface area contributed by atoms with Gasteiger partial charge in [-0.1, -0.05) is 36.4 Å². The van der Waals surface area contributed by atoms with Crippen LogP contribution in [0, 0.1) is 5.82 Å². The number of hydrogen-bond acceptors (Lipinski definition) is 3. The third-order valence-corrected chi connectivity index (χ3v) is 4.53. The minimum absolute atomic E-state index is 0.188. The average molecular weight is 328 g/mol. The molecule has 0 spiro atoms. The van der Waals surface area contributed by atoms with Crippen LogP contribution in [0.3, 0.4) is 0 Å². The van der Waals surface area contributed by atoms with E-state index in [-0.39, 0.29) is 12.2 Å². The summed E-state index contributed by atoms with van der Waals surface area (Å²) in [7, 11) is 0. The molecule has 1 unspecified atom stereocenters. The molecule has 0 saturated carbocycles. The van der Waals surface area contributed by atoms with Crippen LogP contribution in [0.25, 0.3) is 0 Å². The number of rotatable bonds is 5. The summed E-state index contributed by atoms with van der Waals surface area (Å²) in [5.74, 6) is -1.24. The maximum atomic E-state index is 13.8. The van der Waals surface area contributed by atoms with Crippen LogP contribution in [0.2, 0.25) is 0 Å². The second-order valence-corrected chi connectivity index (χ2v) is 6.01. The maximum Gasteiger partial charge on any atom is 0.321 e. The summed E-state index contributed by atoms with van der Waals surface area (Å²) in [6.45, 7) is 2.84. The molecule has 24 heavy (non-hydrogen) atoms. The molecular formula is C19H21FN2O2. The number of para-hydroxylation sites is 1. The van der Waals surface area contributed by atoms with E-state index in [1.54, 1.807) is 18.2 Å².